The average Bonchev–Trinajstić information content (AvgIpc) is 2.83. The molecule has 0 radical (unpaired) electrons. The van der Waals surface area contributed by atoms with E-state index in [2.05, 4.69) is 5.32 Å². The summed E-state index contributed by atoms with van der Waals surface area (Å²) >= 11 is 0.871. The molecule has 0 unspecified atom stereocenters. The smallest absolute Gasteiger partial charge is 0.348 e. The van der Waals surface area contributed by atoms with Gasteiger partial charge in [0.25, 0.3) is 5.91 Å². The molecule has 0 aliphatic rings. The fourth-order valence-corrected chi connectivity index (χ4v) is 2.98. The third-order valence-electron chi connectivity index (χ3n) is 3.01. The molecule has 25 heavy (non-hydrogen) atoms. The minimum Gasteiger partial charge on any atom is -0.478 e. The van der Waals surface area contributed by atoms with Gasteiger partial charge in [0, 0.05) is 11.6 Å². The van der Waals surface area contributed by atoms with Crippen molar-refractivity contribution in [2.75, 3.05) is 18.5 Å². The molecule has 1 aromatic heterocycles. The van der Waals surface area contributed by atoms with Crippen LogP contribution < -0.4 is 5.32 Å². The number of carbonyl (C=O) groups excluding carboxylic acids is 3. The maximum atomic E-state index is 12.2. The largest absolute Gasteiger partial charge is 0.478 e. The van der Waals surface area contributed by atoms with Crippen molar-refractivity contribution in [3.8, 4) is 0 Å². The molecule has 136 valence electrons. The van der Waals surface area contributed by atoms with Gasteiger partial charge in [0.2, 0.25) is 0 Å². The number of hydrogen-bond acceptors (Lipinski definition) is 7. The van der Waals surface area contributed by atoms with Gasteiger partial charge in [-0.3, -0.25) is 4.79 Å². The lowest BCUT2D eigenvalue weighted by Gasteiger charge is -2.07. The number of carbonyl (C=O) groups is 4. The predicted molar refractivity (Wildman–Crippen MR) is 91.0 cm³/mol. The lowest BCUT2D eigenvalue weighted by Crippen LogP contribution is -2.16. The Labute approximate surface area is 148 Å². The highest BCUT2D eigenvalue weighted by atomic mass is 32.1. The molecule has 0 fully saturated rings. The standard InChI is InChI=1S/C16H19NO7S/c1-5-23-15(21)11-9(4)12(16(22)24-6-2)25-14(11)17-13(20)8(3)7-10(18)19/h7H,5-6H2,1-4H3,(H,17,20)(H,18,19)/b8-7-. The van der Waals surface area contributed by atoms with Crippen molar-refractivity contribution in [3.05, 3.63) is 27.7 Å². The highest BCUT2D eigenvalue weighted by Gasteiger charge is 2.27. The van der Waals surface area contributed by atoms with Crippen LogP contribution in [0.5, 0.6) is 0 Å². The first-order valence-corrected chi connectivity index (χ1v) is 8.24. The van der Waals surface area contributed by atoms with Crippen LogP contribution in [0.2, 0.25) is 0 Å². The predicted octanol–water partition coefficient (Wildman–Crippen LogP) is 2.38. The first kappa shape index (κ1) is 20.4. The number of amides is 1. The van der Waals surface area contributed by atoms with E-state index in [1.165, 1.54) is 6.92 Å². The van der Waals surface area contributed by atoms with E-state index in [-0.39, 0.29) is 34.2 Å². The fraction of sp³-hybridized carbons (Fsp3) is 0.375. The van der Waals surface area contributed by atoms with Crippen LogP contribution in [0.3, 0.4) is 0 Å². The molecule has 0 saturated heterocycles. The molecule has 0 bridgehead atoms. The van der Waals surface area contributed by atoms with Crippen LogP contribution in [-0.4, -0.2) is 42.1 Å². The SMILES string of the molecule is CCOC(=O)c1sc(NC(=O)/C(C)=C\C(=O)O)c(C(=O)OCC)c1C. The molecule has 1 rings (SSSR count). The molecule has 0 spiro atoms. The van der Waals surface area contributed by atoms with Gasteiger partial charge in [-0.1, -0.05) is 0 Å². The van der Waals surface area contributed by atoms with E-state index in [1.54, 1.807) is 20.8 Å². The Morgan fingerprint density at radius 3 is 2.20 bits per heavy atom. The second kappa shape index (κ2) is 8.97. The molecular weight excluding hydrogens is 350 g/mol. The molecule has 1 aromatic rings. The average molecular weight is 369 g/mol. The number of rotatable bonds is 7. The van der Waals surface area contributed by atoms with Crippen molar-refractivity contribution >= 4 is 40.2 Å². The molecule has 8 nitrogen and oxygen atoms in total. The second-order valence-electron chi connectivity index (χ2n) is 4.82. The van der Waals surface area contributed by atoms with Gasteiger partial charge in [-0.05, 0) is 33.3 Å². The van der Waals surface area contributed by atoms with Crippen LogP contribution in [0.1, 0.15) is 46.4 Å². The highest BCUT2D eigenvalue weighted by Crippen LogP contribution is 2.34. The normalized spacial score (nSPS) is 11.0. The first-order valence-electron chi connectivity index (χ1n) is 7.43. The van der Waals surface area contributed by atoms with Crippen LogP contribution in [0.15, 0.2) is 11.6 Å². The van der Waals surface area contributed by atoms with E-state index in [0.717, 1.165) is 17.4 Å². The number of carboxylic acids is 1. The van der Waals surface area contributed by atoms with Gasteiger partial charge in [-0.15, -0.1) is 11.3 Å². The maximum absolute atomic E-state index is 12.2. The Bertz CT molecular complexity index is 733. The van der Waals surface area contributed by atoms with Crippen molar-refractivity contribution in [1.29, 1.82) is 0 Å². The zero-order valence-electron chi connectivity index (χ0n) is 14.3. The van der Waals surface area contributed by atoms with Gasteiger partial charge in [-0.25, -0.2) is 14.4 Å². The molecule has 0 aliphatic carbocycles. The summed E-state index contributed by atoms with van der Waals surface area (Å²) in [6, 6.07) is 0. The van der Waals surface area contributed by atoms with E-state index in [0.29, 0.717) is 5.56 Å². The van der Waals surface area contributed by atoms with Crippen molar-refractivity contribution in [3.63, 3.8) is 0 Å². The minimum absolute atomic E-state index is 0.0476. The number of carboxylic acid groups (broad SMARTS) is 1. The van der Waals surface area contributed by atoms with Crippen molar-refractivity contribution in [1.82, 2.24) is 0 Å². The van der Waals surface area contributed by atoms with Gasteiger partial charge in [0.05, 0.1) is 18.8 Å². The zero-order chi connectivity index (χ0) is 19.1. The molecule has 0 aromatic carbocycles. The number of ether oxygens (including phenoxy) is 2. The molecule has 9 heteroatoms. The van der Waals surface area contributed by atoms with Gasteiger partial charge in [0.15, 0.2) is 0 Å². The van der Waals surface area contributed by atoms with E-state index < -0.39 is 23.8 Å². The number of hydrogen-bond donors (Lipinski definition) is 2. The van der Waals surface area contributed by atoms with Crippen molar-refractivity contribution in [2.24, 2.45) is 0 Å². The van der Waals surface area contributed by atoms with E-state index >= 15 is 0 Å². The third kappa shape index (κ3) is 5.15. The number of nitrogens with one attached hydrogen (secondary N) is 1. The topological polar surface area (TPSA) is 119 Å². The summed E-state index contributed by atoms with van der Waals surface area (Å²) in [6.07, 6.45) is 0.742. The number of anilines is 1. The summed E-state index contributed by atoms with van der Waals surface area (Å²) in [5.74, 6) is -3.28. The Morgan fingerprint density at radius 2 is 1.68 bits per heavy atom. The molecule has 0 aliphatic heterocycles. The van der Waals surface area contributed by atoms with Gasteiger partial charge >= 0.3 is 17.9 Å². The second-order valence-corrected chi connectivity index (χ2v) is 5.84. The van der Waals surface area contributed by atoms with Gasteiger partial charge in [0.1, 0.15) is 9.88 Å². The van der Waals surface area contributed by atoms with Crippen LogP contribution in [0.25, 0.3) is 0 Å². The highest BCUT2D eigenvalue weighted by molar-refractivity contribution is 7.18. The van der Waals surface area contributed by atoms with Crippen LogP contribution in [0.4, 0.5) is 5.00 Å². The maximum Gasteiger partial charge on any atom is 0.348 e. The van der Waals surface area contributed by atoms with Crippen LogP contribution in [0, 0.1) is 6.92 Å². The molecule has 0 atom stereocenters. The summed E-state index contributed by atoms with van der Waals surface area (Å²) in [4.78, 5) is 47.1. The summed E-state index contributed by atoms with van der Waals surface area (Å²) < 4.78 is 9.90. The van der Waals surface area contributed by atoms with Gasteiger partial charge in [-0.2, -0.15) is 0 Å². The van der Waals surface area contributed by atoms with Gasteiger partial charge < -0.3 is 19.9 Å². The van der Waals surface area contributed by atoms with Crippen molar-refractivity contribution < 1.29 is 33.8 Å². The Balaban J connectivity index is 3.30. The monoisotopic (exact) mass is 369 g/mol. The summed E-state index contributed by atoms with van der Waals surface area (Å²) in [6.45, 7) is 6.42. The Morgan fingerprint density at radius 1 is 1.12 bits per heavy atom. The Hall–Kier alpha value is -2.68. The molecular formula is C16H19NO7S. The molecule has 1 heterocycles. The summed E-state index contributed by atoms with van der Waals surface area (Å²) in [5.41, 5.74) is 0.314. The molecule has 1 amide bonds. The number of aliphatic carboxylic acids is 1. The molecule has 2 N–H and O–H groups in total. The minimum atomic E-state index is -1.27. The lowest BCUT2D eigenvalue weighted by atomic mass is 10.1. The van der Waals surface area contributed by atoms with Crippen molar-refractivity contribution in [2.45, 2.75) is 27.7 Å². The van der Waals surface area contributed by atoms with E-state index in [9.17, 15) is 19.2 Å². The Kier molecular flexibility index (Phi) is 7.31. The van der Waals surface area contributed by atoms with Crippen LogP contribution >= 0.6 is 11.3 Å². The quantitative estimate of drug-likeness (QED) is 0.559. The first-order chi connectivity index (χ1) is 11.7. The zero-order valence-corrected chi connectivity index (χ0v) is 15.1. The lowest BCUT2D eigenvalue weighted by molar-refractivity contribution is -0.131. The van der Waals surface area contributed by atoms with E-state index in [4.69, 9.17) is 14.6 Å². The molecule has 0 saturated carbocycles. The number of thiophene rings is 1. The third-order valence-corrected chi connectivity index (χ3v) is 4.20. The van der Waals surface area contributed by atoms with Crippen LogP contribution in [-0.2, 0) is 19.1 Å². The van der Waals surface area contributed by atoms with E-state index in [1.807, 2.05) is 0 Å². The summed E-state index contributed by atoms with van der Waals surface area (Å²) in [7, 11) is 0. The number of esters is 2. The fourth-order valence-electron chi connectivity index (χ4n) is 1.89. The summed E-state index contributed by atoms with van der Waals surface area (Å²) in [5, 5.41) is 11.3.